The number of ketones is 1. The Labute approximate surface area is 113 Å². The highest BCUT2D eigenvalue weighted by Crippen LogP contribution is 2.61. The number of carbonyl (C=O) groups excluding carboxylic acids is 2. The average molecular weight is 266 g/mol. The first-order chi connectivity index (χ1) is 8.77. The van der Waals surface area contributed by atoms with Crippen LogP contribution in [0.4, 0.5) is 0 Å². The summed E-state index contributed by atoms with van der Waals surface area (Å²) in [5.74, 6) is -0.427. The van der Waals surface area contributed by atoms with E-state index < -0.39 is 11.9 Å². The summed E-state index contributed by atoms with van der Waals surface area (Å²) in [5, 5.41) is 0. The molecule has 4 nitrogen and oxygen atoms in total. The van der Waals surface area contributed by atoms with Gasteiger partial charge >= 0.3 is 5.97 Å². The zero-order chi connectivity index (χ0) is 14.0. The maximum atomic E-state index is 12.3. The van der Waals surface area contributed by atoms with Crippen molar-refractivity contribution in [3.8, 4) is 0 Å². The molecule has 0 aromatic heterocycles. The van der Waals surface area contributed by atoms with Crippen molar-refractivity contribution in [3.05, 3.63) is 0 Å². The number of hydrogen-bond donors (Lipinski definition) is 0. The molecule has 1 aliphatic carbocycles. The van der Waals surface area contributed by atoms with Crippen molar-refractivity contribution in [1.82, 2.24) is 0 Å². The molecule has 3 aliphatic rings. The zero-order valence-corrected chi connectivity index (χ0v) is 12.1. The molecular formula is C15H22O4. The Balaban J connectivity index is 1.96. The molecule has 3 rings (SSSR count). The monoisotopic (exact) mass is 266 g/mol. The van der Waals surface area contributed by atoms with Gasteiger partial charge in [0, 0.05) is 6.42 Å². The molecule has 2 bridgehead atoms. The van der Waals surface area contributed by atoms with Crippen LogP contribution in [0, 0.1) is 23.2 Å². The first kappa shape index (κ1) is 13.1. The van der Waals surface area contributed by atoms with Gasteiger partial charge in [-0.2, -0.15) is 0 Å². The summed E-state index contributed by atoms with van der Waals surface area (Å²) in [6.45, 7) is 6.57. The molecule has 0 spiro atoms. The van der Waals surface area contributed by atoms with Crippen LogP contribution >= 0.6 is 0 Å². The summed E-state index contributed by atoms with van der Waals surface area (Å²) >= 11 is 0. The molecule has 106 valence electrons. The van der Waals surface area contributed by atoms with Crippen molar-refractivity contribution in [2.75, 3.05) is 7.11 Å². The third-order valence-electron chi connectivity index (χ3n) is 5.35. The number of methoxy groups -OCH3 is 1. The van der Waals surface area contributed by atoms with Crippen molar-refractivity contribution >= 4 is 11.8 Å². The summed E-state index contributed by atoms with van der Waals surface area (Å²) in [7, 11) is 1.34. The van der Waals surface area contributed by atoms with Crippen molar-refractivity contribution < 1.29 is 19.1 Å². The molecule has 2 aliphatic heterocycles. The number of Topliss-reactive ketones (excluding diaryl/α,β-unsaturated/α-hetero) is 1. The summed E-state index contributed by atoms with van der Waals surface area (Å²) in [6.07, 6.45) is 2.18. The summed E-state index contributed by atoms with van der Waals surface area (Å²) in [6, 6.07) is 0. The molecular weight excluding hydrogens is 244 g/mol. The van der Waals surface area contributed by atoms with Crippen molar-refractivity contribution in [1.29, 1.82) is 0 Å². The van der Waals surface area contributed by atoms with Gasteiger partial charge in [-0.05, 0) is 37.0 Å². The Bertz CT molecular complexity index is 441. The normalized spacial score (nSPS) is 47.1. The summed E-state index contributed by atoms with van der Waals surface area (Å²) in [4.78, 5) is 24.2. The number of fused-ring (bicyclic) bond motifs is 5. The Kier molecular flexibility index (Phi) is 2.63. The van der Waals surface area contributed by atoms with Gasteiger partial charge in [0.1, 0.15) is 5.92 Å². The first-order valence-corrected chi connectivity index (χ1v) is 7.06. The van der Waals surface area contributed by atoms with E-state index in [1.54, 1.807) is 0 Å². The molecule has 2 heterocycles. The van der Waals surface area contributed by atoms with Gasteiger partial charge in [-0.25, -0.2) is 0 Å². The Morgan fingerprint density at radius 3 is 2.63 bits per heavy atom. The van der Waals surface area contributed by atoms with Crippen molar-refractivity contribution in [2.45, 2.75) is 51.7 Å². The molecule has 0 amide bonds. The van der Waals surface area contributed by atoms with Crippen LogP contribution in [0.2, 0.25) is 0 Å². The number of hydrogen-bond acceptors (Lipinski definition) is 4. The summed E-state index contributed by atoms with van der Waals surface area (Å²) < 4.78 is 10.9. The van der Waals surface area contributed by atoms with E-state index in [0.29, 0.717) is 18.3 Å². The van der Waals surface area contributed by atoms with Gasteiger partial charge in [0.2, 0.25) is 0 Å². The third-order valence-corrected chi connectivity index (χ3v) is 5.35. The van der Waals surface area contributed by atoms with Gasteiger partial charge in [-0.1, -0.05) is 13.8 Å². The quantitative estimate of drug-likeness (QED) is 0.538. The lowest BCUT2D eigenvalue weighted by molar-refractivity contribution is -0.171. The van der Waals surface area contributed by atoms with E-state index in [-0.39, 0.29) is 22.9 Å². The van der Waals surface area contributed by atoms with Crippen LogP contribution in [0.3, 0.4) is 0 Å². The predicted molar refractivity (Wildman–Crippen MR) is 68.4 cm³/mol. The lowest BCUT2D eigenvalue weighted by Gasteiger charge is -2.37. The fraction of sp³-hybridized carbons (Fsp3) is 0.867. The van der Waals surface area contributed by atoms with Gasteiger partial charge in [0.25, 0.3) is 0 Å². The molecule has 1 saturated carbocycles. The third kappa shape index (κ3) is 1.76. The standard InChI is InChI=1S/C15H22O4/c1-14(2)5-8-9(6-14)15(3)7-10(16)11(12(8)19-15)13(17)18-4/h8-9,11-12H,5-7H2,1-4H3/t8-,9+,11?,12-,15-/m1/s1. The molecule has 5 atom stereocenters. The highest BCUT2D eigenvalue weighted by atomic mass is 16.5. The molecule has 0 aromatic rings. The van der Waals surface area contributed by atoms with E-state index in [9.17, 15) is 9.59 Å². The van der Waals surface area contributed by atoms with Crippen LogP contribution in [-0.2, 0) is 19.1 Å². The maximum Gasteiger partial charge on any atom is 0.318 e. The van der Waals surface area contributed by atoms with Gasteiger partial charge in [-0.15, -0.1) is 0 Å². The predicted octanol–water partition coefficient (Wildman–Crippen LogP) is 1.96. The minimum absolute atomic E-state index is 0.00203. The van der Waals surface area contributed by atoms with E-state index in [2.05, 4.69) is 13.8 Å². The second-order valence-corrected chi connectivity index (χ2v) is 7.38. The molecule has 3 fully saturated rings. The van der Waals surface area contributed by atoms with E-state index in [0.717, 1.165) is 12.8 Å². The van der Waals surface area contributed by atoms with E-state index >= 15 is 0 Å². The second kappa shape index (κ2) is 3.81. The van der Waals surface area contributed by atoms with Crippen LogP contribution in [0.5, 0.6) is 0 Å². The molecule has 4 heteroatoms. The van der Waals surface area contributed by atoms with Crippen LogP contribution < -0.4 is 0 Å². The topological polar surface area (TPSA) is 52.6 Å². The lowest BCUT2D eigenvalue weighted by Crippen LogP contribution is -2.47. The Morgan fingerprint density at radius 1 is 1.32 bits per heavy atom. The van der Waals surface area contributed by atoms with Crippen LogP contribution in [-0.4, -0.2) is 30.6 Å². The van der Waals surface area contributed by atoms with Gasteiger partial charge < -0.3 is 9.47 Å². The average Bonchev–Trinajstić information content (AvgIpc) is 2.72. The minimum Gasteiger partial charge on any atom is -0.468 e. The van der Waals surface area contributed by atoms with Gasteiger partial charge in [0.15, 0.2) is 5.78 Å². The molecule has 2 saturated heterocycles. The second-order valence-electron chi connectivity index (χ2n) is 7.38. The number of esters is 1. The molecule has 19 heavy (non-hydrogen) atoms. The SMILES string of the molecule is COC(=O)C1C(=O)C[C@@]2(C)O[C@@H]1[C@@H]1CC(C)(C)C[C@@H]12. The van der Waals surface area contributed by atoms with Crippen molar-refractivity contribution in [2.24, 2.45) is 23.2 Å². The van der Waals surface area contributed by atoms with Gasteiger partial charge in [0.05, 0.1) is 18.8 Å². The fourth-order valence-electron chi connectivity index (χ4n) is 4.63. The highest BCUT2D eigenvalue weighted by molar-refractivity contribution is 6.01. The number of ether oxygens (including phenoxy) is 2. The van der Waals surface area contributed by atoms with Crippen LogP contribution in [0.15, 0.2) is 0 Å². The molecule has 1 unspecified atom stereocenters. The highest BCUT2D eigenvalue weighted by Gasteiger charge is 2.65. The number of carbonyl (C=O) groups is 2. The fourth-order valence-corrected chi connectivity index (χ4v) is 4.63. The first-order valence-electron chi connectivity index (χ1n) is 7.06. The lowest BCUT2D eigenvalue weighted by atomic mass is 9.80. The van der Waals surface area contributed by atoms with E-state index in [1.165, 1.54) is 7.11 Å². The van der Waals surface area contributed by atoms with E-state index in [4.69, 9.17) is 9.47 Å². The van der Waals surface area contributed by atoms with Crippen LogP contribution in [0.25, 0.3) is 0 Å². The Hall–Kier alpha value is -0.900. The van der Waals surface area contributed by atoms with Crippen LogP contribution in [0.1, 0.15) is 40.0 Å². The smallest absolute Gasteiger partial charge is 0.318 e. The van der Waals surface area contributed by atoms with Crippen molar-refractivity contribution in [3.63, 3.8) is 0 Å². The zero-order valence-electron chi connectivity index (χ0n) is 12.1. The molecule has 0 N–H and O–H groups in total. The summed E-state index contributed by atoms with van der Waals surface area (Å²) in [5.41, 5.74) is -0.0929. The maximum absolute atomic E-state index is 12.3. The van der Waals surface area contributed by atoms with E-state index in [1.807, 2.05) is 6.92 Å². The minimum atomic E-state index is -0.707. The van der Waals surface area contributed by atoms with Gasteiger partial charge in [-0.3, -0.25) is 9.59 Å². The molecule has 0 aromatic carbocycles. The Morgan fingerprint density at radius 2 is 2.00 bits per heavy atom. The number of rotatable bonds is 1. The molecule has 0 radical (unpaired) electrons. The largest absolute Gasteiger partial charge is 0.468 e.